The minimum Gasteiger partial charge on any atom is -0.476 e. The topological polar surface area (TPSA) is 118 Å². The molecule has 0 radical (unpaired) electrons. The van der Waals surface area contributed by atoms with Crippen molar-refractivity contribution in [2.75, 3.05) is 31.1 Å². The van der Waals surface area contributed by atoms with E-state index in [9.17, 15) is 32.3 Å². The third-order valence-electron chi connectivity index (χ3n) is 8.24. The molecule has 268 valence electrons. The highest BCUT2D eigenvalue weighted by molar-refractivity contribution is 6.05. The number of hydrogen-bond donors (Lipinski definition) is 1. The number of ether oxygens (including phenoxy) is 2. The number of hydrogen-bond acceptors (Lipinski definition) is 8. The fourth-order valence-electron chi connectivity index (χ4n) is 5.74. The first-order valence-corrected chi connectivity index (χ1v) is 16.3. The molecule has 49 heavy (non-hydrogen) atoms. The normalized spacial score (nSPS) is 18.0. The largest absolute Gasteiger partial charge is 0.476 e. The number of benzene rings is 2. The lowest BCUT2D eigenvalue weighted by atomic mass is 9.96. The van der Waals surface area contributed by atoms with E-state index in [0.29, 0.717) is 19.4 Å². The van der Waals surface area contributed by atoms with E-state index in [1.165, 1.54) is 28.7 Å². The number of carbonyl (C=O) groups excluding carboxylic acids is 4. The molecule has 1 N–H and O–H groups in total. The van der Waals surface area contributed by atoms with Gasteiger partial charge in [0.25, 0.3) is 11.8 Å². The van der Waals surface area contributed by atoms with E-state index < -0.39 is 64.3 Å². The van der Waals surface area contributed by atoms with Crippen LogP contribution < -0.4 is 15.0 Å². The molecular formula is C35H45F3N4O7. The van der Waals surface area contributed by atoms with Crippen molar-refractivity contribution in [3.63, 3.8) is 0 Å². The van der Waals surface area contributed by atoms with Gasteiger partial charge in [0.1, 0.15) is 12.4 Å². The first-order valence-electron chi connectivity index (χ1n) is 16.3. The van der Waals surface area contributed by atoms with Crippen molar-refractivity contribution in [2.24, 2.45) is 5.41 Å². The molecule has 11 nitrogen and oxygen atoms in total. The average Bonchev–Trinajstić information content (AvgIpc) is 3.01. The fourth-order valence-corrected chi connectivity index (χ4v) is 5.74. The summed E-state index contributed by atoms with van der Waals surface area (Å²) in [7, 11) is 0. The number of hydroxylamine groups is 2. The number of rotatable bonds is 9. The van der Waals surface area contributed by atoms with Crippen molar-refractivity contribution < 1.29 is 46.7 Å². The lowest BCUT2D eigenvalue weighted by molar-refractivity contribution is -0.208. The van der Waals surface area contributed by atoms with E-state index in [0.717, 1.165) is 17.7 Å². The van der Waals surface area contributed by atoms with Crippen molar-refractivity contribution >= 4 is 29.6 Å². The van der Waals surface area contributed by atoms with E-state index in [1.54, 1.807) is 58.9 Å². The van der Waals surface area contributed by atoms with Crippen LogP contribution in [0.15, 0.2) is 42.5 Å². The zero-order chi connectivity index (χ0) is 36.3. The Bertz CT molecular complexity index is 1540. The molecule has 14 heteroatoms. The third kappa shape index (κ3) is 9.02. The van der Waals surface area contributed by atoms with Gasteiger partial charge in [0.05, 0.1) is 28.8 Å². The van der Waals surface area contributed by atoms with Crippen LogP contribution in [0.3, 0.4) is 0 Å². The van der Waals surface area contributed by atoms with Crippen LogP contribution in [-0.4, -0.2) is 77.7 Å². The fraction of sp³-hybridized carbons (Fsp3) is 0.543. The van der Waals surface area contributed by atoms with E-state index in [4.69, 9.17) is 14.3 Å². The summed E-state index contributed by atoms with van der Waals surface area (Å²) >= 11 is 0. The summed E-state index contributed by atoms with van der Waals surface area (Å²) in [6.45, 7) is 11.7. The van der Waals surface area contributed by atoms with Gasteiger partial charge in [-0.25, -0.2) is 9.59 Å². The molecule has 2 aromatic carbocycles. The molecule has 0 aromatic heterocycles. The van der Waals surface area contributed by atoms with Gasteiger partial charge in [0.2, 0.25) is 0 Å². The molecule has 2 aromatic rings. The Balaban J connectivity index is 1.62. The summed E-state index contributed by atoms with van der Waals surface area (Å²) in [5.74, 6) is -2.15. The first kappa shape index (κ1) is 37.5. The van der Waals surface area contributed by atoms with Crippen LogP contribution >= 0.6 is 0 Å². The molecule has 2 aliphatic rings. The Morgan fingerprint density at radius 2 is 1.78 bits per heavy atom. The van der Waals surface area contributed by atoms with Crippen molar-refractivity contribution in [1.82, 2.24) is 15.3 Å². The highest BCUT2D eigenvalue weighted by atomic mass is 19.4. The summed E-state index contributed by atoms with van der Waals surface area (Å²) in [4.78, 5) is 60.8. The van der Waals surface area contributed by atoms with Gasteiger partial charge in [-0.15, -0.1) is 5.06 Å². The quantitative estimate of drug-likeness (QED) is 0.343. The van der Waals surface area contributed by atoms with Gasteiger partial charge >= 0.3 is 18.2 Å². The van der Waals surface area contributed by atoms with Gasteiger partial charge in [-0.3, -0.25) is 9.59 Å². The van der Waals surface area contributed by atoms with Crippen LogP contribution in [0.25, 0.3) is 0 Å². The van der Waals surface area contributed by atoms with Crippen LogP contribution in [0.4, 0.5) is 23.7 Å². The van der Waals surface area contributed by atoms with Gasteiger partial charge < -0.3 is 29.4 Å². The Morgan fingerprint density at radius 3 is 2.39 bits per heavy atom. The number of fused-ring (bicyclic) bond motifs is 1. The van der Waals surface area contributed by atoms with Crippen LogP contribution in [0, 0.1) is 5.41 Å². The molecule has 2 aliphatic heterocycles. The lowest BCUT2D eigenvalue weighted by Crippen LogP contribution is -2.55. The van der Waals surface area contributed by atoms with Gasteiger partial charge in [-0.1, -0.05) is 30.3 Å². The van der Waals surface area contributed by atoms with E-state index >= 15 is 0 Å². The molecule has 4 rings (SSSR count). The number of carbonyl (C=O) groups is 4. The minimum absolute atomic E-state index is 0.0227. The third-order valence-corrected chi connectivity index (χ3v) is 8.24. The van der Waals surface area contributed by atoms with Crippen LogP contribution in [0.2, 0.25) is 0 Å². The molecule has 0 unspecified atom stereocenters. The molecule has 2 heterocycles. The Kier molecular flexibility index (Phi) is 11.2. The van der Waals surface area contributed by atoms with Gasteiger partial charge in [0, 0.05) is 31.7 Å². The summed E-state index contributed by atoms with van der Waals surface area (Å²) in [5.41, 5.74) is -3.43. The van der Waals surface area contributed by atoms with E-state index in [2.05, 4.69) is 5.32 Å². The van der Waals surface area contributed by atoms with E-state index in [1.807, 2.05) is 6.07 Å². The Morgan fingerprint density at radius 1 is 1.10 bits per heavy atom. The van der Waals surface area contributed by atoms with Gasteiger partial charge in [0.15, 0.2) is 5.60 Å². The summed E-state index contributed by atoms with van der Waals surface area (Å²) in [5, 5.41) is 4.02. The maximum atomic E-state index is 14.6. The van der Waals surface area contributed by atoms with Crippen LogP contribution in [0.1, 0.15) is 82.8 Å². The molecule has 3 amide bonds. The van der Waals surface area contributed by atoms with Crippen molar-refractivity contribution in [3.05, 3.63) is 59.2 Å². The molecule has 0 saturated carbocycles. The molecule has 1 saturated heterocycles. The Labute approximate surface area is 284 Å². The molecule has 0 aliphatic carbocycles. The van der Waals surface area contributed by atoms with Crippen molar-refractivity contribution in [2.45, 2.75) is 91.8 Å². The standard InChI is InChI=1S/C35H45F3N4O7/c1-22(2)42(24-14-11-16-40(20-24)49-31(45)33(3,4)5)29(43)25-18-27-28(19-26(25)35(36,37)38)48-34(6,7)30(44)41(27)17-15-39-32(46)47-21-23-12-9-8-10-13-23/h8-10,12-13,18-19,22,24H,11,14-17,20-21H2,1-7H3,(H,39,46)/t24-/m1/s1. The highest BCUT2D eigenvalue weighted by Crippen LogP contribution is 2.44. The highest BCUT2D eigenvalue weighted by Gasteiger charge is 2.45. The monoisotopic (exact) mass is 690 g/mol. The SMILES string of the molecule is CC(C)N(C(=O)c1cc2c(cc1C(F)(F)F)OC(C)(C)C(=O)N2CCNC(=O)OCc1ccccc1)[C@@H]1CCCN(OC(=O)C(C)(C)C)C1. The van der Waals surface area contributed by atoms with E-state index in [-0.39, 0.29) is 37.7 Å². The number of halogens is 3. The number of amides is 3. The zero-order valence-corrected chi connectivity index (χ0v) is 29.0. The second-order valence-corrected chi connectivity index (χ2v) is 14.0. The van der Waals surface area contributed by atoms with Crippen molar-refractivity contribution in [1.29, 1.82) is 0 Å². The van der Waals surface area contributed by atoms with Crippen molar-refractivity contribution in [3.8, 4) is 5.75 Å². The number of alkyl halides is 3. The smallest absolute Gasteiger partial charge is 0.417 e. The predicted octanol–water partition coefficient (Wildman–Crippen LogP) is 5.96. The maximum Gasteiger partial charge on any atom is 0.417 e. The predicted molar refractivity (Wildman–Crippen MR) is 175 cm³/mol. The Hall–Kier alpha value is -4.33. The number of piperidine rings is 1. The first-order chi connectivity index (χ1) is 22.8. The van der Waals surface area contributed by atoms with Gasteiger partial charge in [-0.2, -0.15) is 13.2 Å². The second kappa shape index (κ2) is 14.7. The summed E-state index contributed by atoms with van der Waals surface area (Å²) in [6.07, 6.45) is -4.66. The molecule has 0 spiro atoms. The van der Waals surface area contributed by atoms with Crippen LogP contribution in [-0.2, 0) is 31.9 Å². The minimum atomic E-state index is -4.94. The summed E-state index contributed by atoms with van der Waals surface area (Å²) < 4.78 is 54.9. The molecule has 1 fully saturated rings. The molecule has 0 bridgehead atoms. The number of nitrogens with zero attached hydrogens (tertiary/aromatic N) is 3. The number of nitrogens with one attached hydrogen (secondary N) is 1. The number of alkyl carbamates (subject to hydrolysis) is 1. The zero-order valence-electron chi connectivity index (χ0n) is 29.0. The molecular weight excluding hydrogens is 645 g/mol. The summed E-state index contributed by atoms with van der Waals surface area (Å²) in [6, 6.07) is 9.72. The maximum absolute atomic E-state index is 14.6. The number of anilines is 1. The second-order valence-electron chi connectivity index (χ2n) is 14.0. The lowest BCUT2D eigenvalue weighted by Gasteiger charge is -2.42. The molecule has 1 atom stereocenters. The average molecular weight is 691 g/mol. The van der Waals surface area contributed by atoms with Crippen LogP contribution in [0.5, 0.6) is 5.75 Å². The van der Waals surface area contributed by atoms with Gasteiger partial charge in [-0.05, 0) is 79.0 Å².